The van der Waals surface area contributed by atoms with E-state index in [0.717, 1.165) is 24.4 Å². The monoisotopic (exact) mass is 263 g/mol. The van der Waals surface area contributed by atoms with Crippen LogP contribution in [0.15, 0.2) is 12.1 Å². The van der Waals surface area contributed by atoms with Crippen LogP contribution in [0.3, 0.4) is 0 Å². The van der Waals surface area contributed by atoms with E-state index >= 15 is 0 Å². The van der Waals surface area contributed by atoms with Gasteiger partial charge in [0, 0.05) is 24.8 Å². The minimum Gasteiger partial charge on any atom is -0.373 e. The first-order chi connectivity index (χ1) is 8.91. The number of nitrogens with zero attached hydrogens (tertiary/aromatic N) is 1. The molecule has 2 N–H and O–H groups in total. The van der Waals surface area contributed by atoms with Crippen molar-refractivity contribution in [3.8, 4) is 0 Å². The summed E-state index contributed by atoms with van der Waals surface area (Å²) in [7, 11) is 1.81. The quantitative estimate of drug-likeness (QED) is 0.829. The zero-order valence-electron chi connectivity index (χ0n) is 12.6. The van der Waals surface area contributed by atoms with Gasteiger partial charge in [0.25, 0.3) is 5.91 Å². The highest BCUT2D eigenvalue weighted by Gasteiger charge is 2.17. The van der Waals surface area contributed by atoms with Crippen molar-refractivity contribution >= 4 is 11.7 Å². The summed E-state index contributed by atoms with van der Waals surface area (Å²) in [5.74, 6) is 0.703. The zero-order chi connectivity index (χ0) is 14.5. The summed E-state index contributed by atoms with van der Waals surface area (Å²) < 4.78 is 0. The van der Waals surface area contributed by atoms with Crippen molar-refractivity contribution in [2.24, 2.45) is 5.41 Å². The van der Waals surface area contributed by atoms with E-state index in [0.29, 0.717) is 12.1 Å². The summed E-state index contributed by atoms with van der Waals surface area (Å²) in [6, 6.07) is 3.64. The number of pyridine rings is 1. The largest absolute Gasteiger partial charge is 0.373 e. The van der Waals surface area contributed by atoms with Crippen LogP contribution in [0.4, 0.5) is 5.82 Å². The van der Waals surface area contributed by atoms with E-state index in [-0.39, 0.29) is 11.3 Å². The van der Waals surface area contributed by atoms with Gasteiger partial charge in [-0.3, -0.25) is 4.79 Å². The van der Waals surface area contributed by atoms with Crippen molar-refractivity contribution in [2.75, 3.05) is 18.9 Å². The van der Waals surface area contributed by atoms with Crippen LogP contribution in [-0.4, -0.2) is 24.5 Å². The lowest BCUT2D eigenvalue weighted by Crippen LogP contribution is -2.33. The lowest BCUT2D eigenvalue weighted by molar-refractivity contribution is 0.0935. The molecular formula is C15H25N3O. The van der Waals surface area contributed by atoms with E-state index in [1.807, 2.05) is 20.0 Å². The number of rotatable bonds is 6. The number of aryl methyl sites for hydroxylation is 1. The van der Waals surface area contributed by atoms with Gasteiger partial charge < -0.3 is 10.6 Å². The fourth-order valence-corrected chi connectivity index (χ4v) is 1.57. The first-order valence-electron chi connectivity index (χ1n) is 6.88. The van der Waals surface area contributed by atoms with E-state index in [4.69, 9.17) is 0 Å². The number of aromatic nitrogens is 1. The third kappa shape index (κ3) is 4.54. The minimum atomic E-state index is -0.0323. The average molecular weight is 263 g/mol. The Morgan fingerprint density at radius 1 is 1.32 bits per heavy atom. The van der Waals surface area contributed by atoms with Gasteiger partial charge in [0.15, 0.2) is 0 Å². The first-order valence-corrected chi connectivity index (χ1v) is 6.88. The molecule has 0 radical (unpaired) electrons. The number of anilines is 1. The van der Waals surface area contributed by atoms with Crippen LogP contribution in [-0.2, 0) is 6.42 Å². The van der Waals surface area contributed by atoms with Gasteiger partial charge in [-0.1, -0.05) is 27.7 Å². The zero-order valence-corrected chi connectivity index (χ0v) is 12.6. The standard InChI is InChI=1S/C15H25N3O/c1-6-12-8-11(9-13(16-5)18-12)14(19)17-10-15(3,4)7-2/h8-9H,6-7,10H2,1-5H3,(H,16,18)(H,17,19). The fourth-order valence-electron chi connectivity index (χ4n) is 1.57. The third-order valence-corrected chi connectivity index (χ3v) is 3.44. The Morgan fingerprint density at radius 2 is 2.00 bits per heavy atom. The van der Waals surface area contributed by atoms with Gasteiger partial charge in [-0.2, -0.15) is 0 Å². The highest BCUT2D eigenvalue weighted by molar-refractivity contribution is 5.95. The topological polar surface area (TPSA) is 54.0 Å². The summed E-state index contributed by atoms with van der Waals surface area (Å²) in [6.07, 6.45) is 1.85. The maximum atomic E-state index is 12.2. The highest BCUT2D eigenvalue weighted by atomic mass is 16.1. The molecular weight excluding hydrogens is 238 g/mol. The molecule has 0 aromatic carbocycles. The van der Waals surface area contributed by atoms with E-state index in [1.165, 1.54) is 0 Å². The molecule has 0 spiro atoms. The molecule has 1 aromatic rings. The SMILES string of the molecule is CCc1cc(C(=O)NCC(C)(C)CC)cc(NC)n1. The molecule has 1 aromatic heterocycles. The molecule has 0 fully saturated rings. The van der Waals surface area contributed by atoms with E-state index in [9.17, 15) is 4.79 Å². The Balaban J connectivity index is 2.81. The Labute approximate surface area is 116 Å². The van der Waals surface area contributed by atoms with Crippen molar-refractivity contribution in [2.45, 2.75) is 40.5 Å². The Bertz CT molecular complexity index is 419. The maximum Gasteiger partial charge on any atom is 0.251 e. The predicted octanol–water partition coefficient (Wildman–Crippen LogP) is 2.85. The maximum absolute atomic E-state index is 12.2. The molecule has 1 amide bonds. The number of carbonyl (C=O) groups excluding carboxylic acids is 1. The number of hydrogen-bond donors (Lipinski definition) is 2. The van der Waals surface area contributed by atoms with Crippen molar-refractivity contribution in [3.63, 3.8) is 0 Å². The molecule has 1 heterocycles. The van der Waals surface area contributed by atoms with Crippen molar-refractivity contribution in [1.29, 1.82) is 0 Å². The lowest BCUT2D eigenvalue weighted by atomic mass is 9.90. The normalized spacial score (nSPS) is 11.2. The number of nitrogens with one attached hydrogen (secondary N) is 2. The summed E-state index contributed by atoms with van der Waals surface area (Å²) >= 11 is 0. The van der Waals surface area contributed by atoms with Crippen molar-refractivity contribution in [1.82, 2.24) is 10.3 Å². The lowest BCUT2D eigenvalue weighted by Gasteiger charge is -2.22. The van der Waals surface area contributed by atoms with Gasteiger partial charge in [-0.05, 0) is 30.4 Å². The van der Waals surface area contributed by atoms with Gasteiger partial charge >= 0.3 is 0 Å². The molecule has 0 bridgehead atoms. The smallest absolute Gasteiger partial charge is 0.251 e. The molecule has 0 aliphatic heterocycles. The van der Waals surface area contributed by atoms with E-state index in [1.54, 1.807) is 6.07 Å². The van der Waals surface area contributed by atoms with Crippen LogP contribution in [0.2, 0.25) is 0 Å². The molecule has 4 nitrogen and oxygen atoms in total. The molecule has 1 rings (SSSR count). The molecule has 19 heavy (non-hydrogen) atoms. The average Bonchev–Trinajstić information content (AvgIpc) is 2.44. The third-order valence-electron chi connectivity index (χ3n) is 3.44. The van der Waals surface area contributed by atoms with Crippen LogP contribution >= 0.6 is 0 Å². The summed E-state index contributed by atoms with van der Waals surface area (Å²) in [5.41, 5.74) is 1.72. The van der Waals surface area contributed by atoms with Crippen LogP contribution < -0.4 is 10.6 Å². The minimum absolute atomic E-state index is 0.0323. The molecule has 0 aliphatic carbocycles. The number of amides is 1. The van der Waals surface area contributed by atoms with Crippen LogP contribution in [0.1, 0.15) is 50.2 Å². The Hall–Kier alpha value is -1.58. The van der Waals surface area contributed by atoms with Gasteiger partial charge in [-0.25, -0.2) is 4.98 Å². The Kier molecular flexibility index (Phi) is 5.33. The van der Waals surface area contributed by atoms with Gasteiger partial charge in [0.2, 0.25) is 0 Å². The number of carbonyl (C=O) groups is 1. The van der Waals surface area contributed by atoms with E-state index in [2.05, 4.69) is 36.4 Å². The second kappa shape index (κ2) is 6.55. The summed E-state index contributed by atoms with van der Waals surface area (Å²) in [4.78, 5) is 16.6. The second-order valence-corrected chi connectivity index (χ2v) is 5.54. The molecule has 0 unspecified atom stereocenters. The molecule has 106 valence electrons. The Morgan fingerprint density at radius 3 is 2.53 bits per heavy atom. The summed E-state index contributed by atoms with van der Waals surface area (Å²) in [5, 5.41) is 5.99. The molecule has 0 saturated carbocycles. The first kappa shape index (κ1) is 15.5. The molecule has 0 atom stereocenters. The van der Waals surface area contributed by atoms with Gasteiger partial charge in [-0.15, -0.1) is 0 Å². The molecule has 4 heteroatoms. The fraction of sp³-hybridized carbons (Fsp3) is 0.600. The van der Waals surface area contributed by atoms with Crippen molar-refractivity contribution in [3.05, 3.63) is 23.4 Å². The number of hydrogen-bond acceptors (Lipinski definition) is 3. The van der Waals surface area contributed by atoms with Crippen LogP contribution in [0.5, 0.6) is 0 Å². The van der Waals surface area contributed by atoms with Crippen molar-refractivity contribution < 1.29 is 4.79 Å². The molecule has 0 saturated heterocycles. The highest BCUT2D eigenvalue weighted by Crippen LogP contribution is 2.18. The van der Waals surface area contributed by atoms with Gasteiger partial charge in [0.1, 0.15) is 5.82 Å². The van der Waals surface area contributed by atoms with Gasteiger partial charge in [0.05, 0.1) is 0 Å². The van der Waals surface area contributed by atoms with Crippen LogP contribution in [0.25, 0.3) is 0 Å². The van der Waals surface area contributed by atoms with E-state index < -0.39 is 0 Å². The summed E-state index contributed by atoms with van der Waals surface area (Å²) in [6.45, 7) is 9.14. The molecule has 0 aliphatic rings. The predicted molar refractivity (Wildman–Crippen MR) is 79.6 cm³/mol. The second-order valence-electron chi connectivity index (χ2n) is 5.54. The van der Waals surface area contributed by atoms with Crippen LogP contribution in [0, 0.1) is 5.41 Å².